The molecule has 3 heteroatoms. The quantitative estimate of drug-likeness (QED) is 0.724. The van der Waals surface area contributed by atoms with Gasteiger partial charge in [0.25, 0.3) is 0 Å². The van der Waals surface area contributed by atoms with Gasteiger partial charge >= 0.3 is 0 Å². The molecule has 0 radical (unpaired) electrons. The summed E-state index contributed by atoms with van der Waals surface area (Å²) in [7, 11) is 0. The SMILES string of the molecule is CC1(c2ccccc2)CCC(NCCCOCCO)CC1. The smallest absolute Gasteiger partial charge is 0.0697 e. The minimum atomic E-state index is 0.119. The van der Waals surface area contributed by atoms with Gasteiger partial charge in [-0.3, -0.25) is 0 Å². The summed E-state index contributed by atoms with van der Waals surface area (Å²) in [4.78, 5) is 0. The Labute approximate surface area is 128 Å². The van der Waals surface area contributed by atoms with E-state index >= 15 is 0 Å². The van der Waals surface area contributed by atoms with Crippen LogP contribution >= 0.6 is 0 Å². The molecule has 1 aromatic carbocycles. The standard InChI is InChI=1S/C18H29NO2/c1-18(16-6-3-2-4-7-16)10-8-17(9-11-18)19-12-5-14-21-15-13-20/h2-4,6-7,17,19-20H,5,8-15H2,1H3. The number of aliphatic hydroxyl groups excluding tert-OH is 1. The van der Waals surface area contributed by atoms with E-state index in [4.69, 9.17) is 9.84 Å². The van der Waals surface area contributed by atoms with Gasteiger partial charge in [-0.25, -0.2) is 0 Å². The molecule has 1 saturated carbocycles. The van der Waals surface area contributed by atoms with Crippen LogP contribution in [-0.4, -0.2) is 37.5 Å². The summed E-state index contributed by atoms with van der Waals surface area (Å²) in [6.45, 7) is 4.73. The minimum Gasteiger partial charge on any atom is -0.394 e. The number of benzene rings is 1. The molecule has 3 nitrogen and oxygen atoms in total. The lowest BCUT2D eigenvalue weighted by molar-refractivity contribution is 0.0899. The van der Waals surface area contributed by atoms with Crippen molar-refractivity contribution in [3.8, 4) is 0 Å². The summed E-state index contributed by atoms with van der Waals surface area (Å²) in [5, 5.41) is 12.3. The number of hydrogen-bond donors (Lipinski definition) is 2. The number of aliphatic hydroxyl groups is 1. The molecule has 0 aromatic heterocycles. The summed E-state index contributed by atoms with van der Waals surface area (Å²) in [5.41, 5.74) is 1.84. The monoisotopic (exact) mass is 291 g/mol. The van der Waals surface area contributed by atoms with Gasteiger partial charge in [0.05, 0.1) is 13.2 Å². The fraction of sp³-hybridized carbons (Fsp3) is 0.667. The topological polar surface area (TPSA) is 41.5 Å². The molecule has 0 heterocycles. The van der Waals surface area contributed by atoms with Crippen LogP contribution in [0.15, 0.2) is 30.3 Å². The van der Waals surface area contributed by atoms with Crippen molar-refractivity contribution >= 4 is 0 Å². The second-order valence-electron chi connectivity index (χ2n) is 6.34. The van der Waals surface area contributed by atoms with E-state index in [9.17, 15) is 0 Å². The predicted octanol–water partition coefficient (Wildman–Crippen LogP) is 2.88. The number of rotatable bonds is 8. The molecule has 0 spiro atoms. The second-order valence-corrected chi connectivity index (χ2v) is 6.34. The van der Waals surface area contributed by atoms with E-state index < -0.39 is 0 Å². The summed E-state index contributed by atoms with van der Waals surface area (Å²) in [6.07, 6.45) is 6.05. The molecule has 0 aliphatic heterocycles. The number of hydrogen-bond acceptors (Lipinski definition) is 3. The molecule has 0 unspecified atom stereocenters. The van der Waals surface area contributed by atoms with Crippen LogP contribution in [0.5, 0.6) is 0 Å². The van der Waals surface area contributed by atoms with Crippen LogP contribution < -0.4 is 5.32 Å². The fourth-order valence-corrected chi connectivity index (χ4v) is 3.24. The van der Waals surface area contributed by atoms with Crippen LogP contribution in [0.2, 0.25) is 0 Å². The van der Waals surface area contributed by atoms with Crippen molar-refractivity contribution in [1.82, 2.24) is 5.32 Å². The molecular weight excluding hydrogens is 262 g/mol. The summed E-state index contributed by atoms with van der Waals surface area (Å²) < 4.78 is 5.27. The molecule has 0 atom stereocenters. The Morgan fingerprint density at radius 2 is 1.90 bits per heavy atom. The third-order valence-corrected chi connectivity index (χ3v) is 4.69. The first-order valence-electron chi connectivity index (χ1n) is 8.22. The third kappa shape index (κ3) is 5.10. The van der Waals surface area contributed by atoms with E-state index in [1.807, 2.05) is 0 Å². The fourth-order valence-electron chi connectivity index (χ4n) is 3.24. The summed E-state index contributed by atoms with van der Waals surface area (Å²) >= 11 is 0. The van der Waals surface area contributed by atoms with Gasteiger partial charge in [-0.2, -0.15) is 0 Å². The first-order valence-corrected chi connectivity index (χ1v) is 8.22. The lowest BCUT2D eigenvalue weighted by Crippen LogP contribution is -2.39. The van der Waals surface area contributed by atoms with E-state index in [0.29, 0.717) is 18.1 Å². The van der Waals surface area contributed by atoms with Crippen molar-refractivity contribution in [2.75, 3.05) is 26.4 Å². The third-order valence-electron chi connectivity index (χ3n) is 4.69. The molecule has 0 bridgehead atoms. The molecule has 1 aromatic rings. The Balaban J connectivity index is 1.66. The van der Waals surface area contributed by atoms with Gasteiger partial charge < -0.3 is 15.2 Å². The van der Waals surface area contributed by atoms with Crippen molar-refractivity contribution in [3.05, 3.63) is 35.9 Å². The van der Waals surface area contributed by atoms with Crippen molar-refractivity contribution in [1.29, 1.82) is 0 Å². The second kappa shape index (κ2) is 8.52. The van der Waals surface area contributed by atoms with Gasteiger partial charge in [0.1, 0.15) is 0 Å². The van der Waals surface area contributed by atoms with Gasteiger partial charge in [-0.1, -0.05) is 37.3 Å². The van der Waals surface area contributed by atoms with Crippen LogP contribution in [0, 0.1) is 0 Å². The van der Waals surface area contributed by atoms with E-state index in [2.05, 4.69) is 42.6 Å². The molecule has 1 aliphatic rings. The van der Waals surface area contributed by atoms with Crippen molar-refractivity contribution in [2.45, 2.75) is 50.5 Å². The number of ether oxygens (including phenoxy) is 1. The highest BCUT2D eigenvalue weighted by Gasteiger charge is 2.32. The van der Waals surface area contributed by atoms with Crippen LogP contribution in [-0.2, 0) is 10.2 Å². The van der Waals surface area contributed by atoms with Crippen LogP contribution in [0.1, 0.15) is 44.6 Å². The Kier molecular flexibility index (Phi) is 6.68. The van der Waals surface area contributed by atoms with E-state index in [1.165, 1.54) is 31.2 Å². The largest absolute Gasteiger partial charge is 0.394 e. The maximum atomic E-state index is 8.63. The molecule has 1 aliphatic carbocycles. The van der Waals surface area contributed by atoms with Crippen LogP contribution in [0.25, 0.3) is 0 Å². The minimum absolute atomic E-state index is 0.119. The highest BCUT2D eigenvalue weighted by atomic mass is 16.5. The van der Waals surface area contributed by atoms with Crippen LogP contribution in [0.4, 0.5) is 0 Å². The first-order chi connectivity index (χ1) is 10.2. The average Bonchev–Trinajstić information content (AvgIpc) is 2.53. The van der Waals surface area contributed by atoms with Crippen molar-refractivity contribution < 1.29 is 9.84 Å². The predicted molar refractivity (Wildman–Crippen MR) is 86.6 cm³/mol. The molecule has 0 saturated heterocycles. The van der Waals surface area contributed by atoms with Gasteiger partial charge in [-0.05, 0) is 49.6 Å². The Morgan fingerprint density at radius 3 is 2.57 bits per heavy atom. The maximum Gasteiger partial charge on any atom is 0.0697 e. The normalized spacial score (nSPS) is 25.9. The van der Waals surface area contributed by atoms with E-state index in [1.54, 1.807) is 0 Å². The Bertz CT molecular complexity index is 385. The van der Waals surface area contributed by atoms with E-state index in [0.717, 1.165) is 19.6 Å². The van der Waals surface area contributed by atoms with E-state index in [-0.39, 0.29) is 6.61 Å². The van der Waals surface area contributed by atoms with Crippen molar-refractivity contribution in [3.63, 3.8) is 0 Å². The first kappa shape index (κ1) is 16.5. The molecule has 2 rings (SSSR count). The van der Waals surface area contributed by atoms with Crippen LogP contribution in [0.3, 0.4) is 0 Å². The molecule has 0 amide bonds. The van der Waals surface area contributed by atoms with Gasteiger partial charge in [0.15, 0.2) is 0 Å². The molecule has 1 fully saturated rings. The molecule has 118 valence electrons. The molecule has 2 N–H and O–H groups in total. The van der Waals surface area contributed by atoms with Gasteiger partial charge in [0, 0.05) is 12.6 Å². The summed E-state index contributed by atoms with van der Waals surface area (Å²) in [6, 6.07) is 11.6. The van der Waals surface area contributed by atoms with Gasteiger partial charge in [-0.15, -0.1) is 0 Å². The van der Waals surface area contributed by atoms with Crippen molar-refractivity contribution in [2.24, 2.45) is 0 Å². The average molecular weight is 291 g/mol. The molecular formula is C18H29NO2. The Hall–Kier alpha value is -0.900. The highest BCUT2D eigenvalue weighted by Crippen LogP contribution is 2.38. The zero-order chi connectivity index (χ0) is 15.0. The van der Waals surface area contributed by atoms with Gasteiger partial charge in [0.2, 0.25) is 0 Å². The lowest BCUT2D eigenvalue weighted by Gasteiger charge is -2.38. The highest BCUT2D eigenvalue weighted by molar-refractivity contribution is 5.25. The maximum absolute atomic E-state index is 8.63. The Morgan fingerprint density at radius 1 is 1.19 bits per heavy atom. The zero-order valence-corrected chi connectivity index (χ0v) is 13.2. The number of nitrogens with one attached hydrogen (secondary N) is 1. The molecule has 21 heavy (non-hydrogen) atoms. The summed E-state index contributed by atoms with van der Waals surface area (Å²) in [5.74, 6) is 0. The zero-order valence-electron chi connectivity index (χ0n) is 13.2. The lowest BCUT2D eigenvalue weighted by atomic mass is 9.69.